The van der Waals surface area contributed by atoms with Crippen LogP contribution in [0.1, 0.15) is 60.3 Å². The zero-order valence-electron chi connectivity index (χ0n) is 23.7. The molecule has 0 bridgehead atoms. The number of rotatable bonds is 5. The third-order valence-electron chi connectivity index (χ3n) is 8.84. The molecule has 3 aliphatic heterocycles. The monoisotopic (exact) mass is 571 g/mol. The van der Waals surface area contributed by atoms with Crippen molar-refractivity contribution in [3.8, 4) is 11.1 Å². The van der Waals surface area contributed by atoms with Crippen molar-refractivity contribution in [1.82, 2.24) is 25.6 Å². The second-order valence-electron chi connectivity index (χ2n) is 11.7. The zero-order valence-corrected chi connectivity index (χ0v) is 23.7. The fraction of sp³-hybridized carbons (Fsp3) is 0.265. The number of nitrogens with zero attached hydrogens (tertiary/aromatic N) is 2. The van der Waals surface area contributed by atoms with Crippen molar-refractivity contribution in [1.29, 1.82) is 0 Å². The van der Waals surface area contributed by atoms with Crippen LogP contribution in [0.25, 0.3) is 22.3 Å². The van der Waals surface area contributed by atoms with Gasteiger partial charge in [0.2, 0.25) is 5.91 Å². The number of nitrogens with one attached hydrogen (secondary N) is 5. The molecule has 1 saturated carbocycles. The van der Waals surface area contributed by atoms with E-state index in [-0.39, 0.29) is 17.9 Å². The number of amides is 1. The predicted octanol–water partition coefficient (Wildman–Crippen LogP) is 5.79. The molecule has 9 nitrogen and oxygen atoms in total. The first-order valence-electron chi connectivity index (χ1n) is 15.1. The van der Waals surface area contributed by atoms with Gasteiger partial charge >= 0.3 is 0 Å². The smallest absolute Gasteiger partial charge is 0.227 e. The number of aromatic nitrogens is 3. The van der Waals surface area contributed by atoms with Gasteiger partial charge in [0.15, 0.2) is 5.82 Å². The molecule has 1 atom stereocenters. The highest BCUT2D eigenvalue weighted by molar-refractivity contribution is 5.93. The molecule has 43 heavy (non-hydrogen) atoms. The highest BCUT2D eigenvalue weighted by Crippen LogP contribution is 2.40. The largest absolute Gasteiger partial charge is 0.472 e. The van der Waals surface area contributed by atoms with Crippen LogP contribution < -0.4 is 21.3 Å². The molecule has 6 heterocycles. The summed E-state index contributed by atoms with van der Waals surface area (Å²) in [5.41, 5.74) is 10.2. The molecular formula is C34H33N7O2. The van der Waals surface area contributed by atoms with Gasteiger partial charge in [-0.1, -0.05) is 37.5 Å². The maximum atomic E-state index is 12.9. The molecule has 3 aromatic heterocycles. The molecule has 1 amide bonds. The van der Waals surface area contributed by atoms with Gasteiger partial charge in [-0.3, -0.25) is 9.78 Å². The number of imidazole rings is 1. The normalized spacial score (nSPS) is 19.4. The van der Waals surface area contributed by atoms with Crippen molar-refractivity contribution in [3.05, 3.63) is 108 Å². The number of H-pyrrole nitrogens is 1. The van der Waals surface area contributed by atoms with Crippen molar-refractivity contribution in [2.45, 2.75) is 44.7 Å². The minimum Gasteiger partial charge on any atom is -0.472 e. The Bertz CT molecular complexity index is 1790. The predicted molar refractivity (Wildman–Crippen MR) is 167 cm³/mol. The van der Waals surface area contributed by atoms with Crippen molar-refractivity contribution >= 4 is 28.6 Å². The van der Waals surface area contributed by atoms with Gasteiger partial charge in [-0.2, -0.15) is 0 Å². The highest BCUT2D eigenvalue weighted by Gasteiger charge is 2.36. The summed E-state index contributed by atoms with van der Waals surface area (Å²) in [5, 5.41) is 13.6. The minimum absolute atomic E-state index is 0.0896. The Morgan fingerprint density at radius 2 is 1.95 bits per heavy atom. The lowest BCUT2D eigenvalue weighted by Crippen LogP contribution is -2.24. The van der Waals surface area contributed by atoms with Gasteiger partial charge in [0.1, 0.15) is 5.82 Å². The summed E-state index contributed by atoms with van der Waals surface area (Å²) in [6.07, 6.45) is 18.4. The van der Waals surface area contributed by atoms with Crippen LogP contribution in [0.2, 0.25) is 0 Å². The molecule has 4 aliphatic rings. The molecule has 4 aromatic rings. The second-order valence-corrected chi connectivity index (χ2v) is 11.7. The number of carbonyl (C=O) groups is 1. The average molecular weight is 572 g/mol. The lowest BCUT2D eigenvalue weighted by Gasteiger charge is -2.20. The Hall–Kier alpha value is -4.89. The molecule has 8 rings (SSSR count). The second kappa shape index (κ2) is 10.7. The van der Waals surface area contributed by atoms with Gasteiger partial charge in [-0.05, 0) is 53.8 Å². The van der Waals surface area contributed by atoms with Crippen LogP contribution in [-0.4, -0.2) is 33.4 Å². The van der Waals surface area contributed by atoms with E-state index in [1.165, 1.54) is 17.7 Å². The van der Waals surface area contributed by atoms with Gasteiger partial charge in [0, 0.05) is 59.4 Å². The van der Waals surface area contributed by atoms with Gasteiger partial charge < -0.3 is 30.7 Å². The molecule has 1 unspecified atom stereocenters. The molecule has 9 heteroatoms. The summed E-state index contributed by atoms with van der Waals surface area (Å²) in [6, 6.07) is 10.8. The number of furan rings is 1. The summed E-state index contributed by atoms with van der Waals surface area (Å²) < 4.78 is 5.39. The number of aromatic amines is 1. The molecule has 1 aliphatic carbocycles. The van der Waals surface area contributed by atoms with E-state index in [0.29, 0.717) is 0 Å². The fourth-order valence-electron chi connectivity index (χ4n) is 6.52. The third-order valence-corrected chi connectivity index (χ3v) is 8.84. The lowest BCUT2D eigenvalue weighted by molar-refractivity contribution is -0.120. The van der Waals surface area contributed by atoms with E-state index < -0.39 is 0 Å². The standard InChI is InChI=1S/C34H33N7O2/c42-34(20-5-2-1-3-6-20)38-25-13-24(16-35-17-25)21-8-9-22-15-36-18-28-31(39-28)29(27(22)14-21)32-40-30-26(23-10-12-43-19-23)7-4-11-37-33(30)41-32/h4,7-14,16-17,19-20,28,36-37,39H,1-3,5-6,15,18H2,(H,38,42)(H,40,41). The Labute approximate surface area is 249 Å². The van der Waals surface area contributed by atoms with E-state index in [2.05, 4.69) is 55.5 Å². The molecular weight excluding hydrogens is 538 g/mol. The number of pyridine rings is 1. The van der Waals surface area contributed by atoms with Crippen LogP contribution in [0.5, 0.6) is 0 Å². The van der Waals surface area contributed by atoms with Crippen molar-refractivity contribution < 1.29 is 9.21 Å². The van der Waals surface area contributed by atoms with Crippen molar-refractivity contribution in [2.24, 2.45) is 5.92 Å². The van der Waals surface area contributed by atoms with Gasteiger partial charge in [-0.25, -0.2) is 4.98 Å². The molecule has 1 aromatic carbocycles. The third kappa shape index (κ3) is 4.95. The van der Waals surface area contributed by atoms with Crippen LogP contribution in [0, 0.1) is 5.92 Å². The van der Waals surface area contributed by atoms with Crippen LogP contribution in [0.15, 0.2) is 83.7 Å². The fourth-order valence-corrected chi connectivity index (χ4v) is 6.52. The van der Waals surface area contributed by atoms with Crippen LogP contribution >= 0.6 is 0 Å². The summed E-state index contributed by atoms with van der Waals surface area (Å²) in [6.45, 7) is 1.61. The number of fused-ring (bicyclic) bond motifs is 3. The number of benzene rings is 1. The van der Waals surface area contributed by atoms with Crippen molar-refractivity contribution in [2.75, 3.05) is 17.2 Å². The van der Waals surface area contributed by atoms with E-state index in [1.807, 2.05) is 30.6 Å². The first kappa shape index (κ1) is 25.8. The Morgan fingerprint density at radius 1 is 1.02 bits per heavy atom. The van der Waals surface area contributed by atoms with E-state index in [9.17, 15) is 4.79 Å². The van der Waals surface area contributed by atoms with Crippen molar-refractivity contribution in [3.63, 3.8) is 0 Å². The number of carbonyl (C=O) groups excluding carboxylic acids is 1. The summed E-state index contributed by atoms with van der Waals surface area (Å²) in [7, 11) is 0. The van der Waals surface area contributed by atoms with E-state index in [1.54, 1.807) is 18.7 Å². The van der Waals surface area contributed by atoms with E-state index in [0.717, 1.165) is 95.2 Å². The maximum Gasteiger partial charge on any atom is 0.227 e. The van der Waals surface area contributed by atoms with Gasteiger partial charge in [0.05, 0.1) is 36.1 Å². The molecule has 2 fully saturated rings. The Morgan fingerprint density at radius 3 is 2.84 bits per heavy atom. The number of allylic oxidation sites excluding steroid dienone is 2. The Kier molecular flexibility index (Phi) is 6.44. The zero-order chi connectivity index (χ0) is 28.8. The first-order valence-corrected chi connectivity index (χ1v) is 15.1. The average Bonchev–Trinajstić information content (AvgIpc) is 3.41. The first-order chi connectivity index (χ1) is 21.2. The van der Waals surface area contributed by atoms with E-state index in [4.69, 9.17) is 9.40 Å². The summed E-state index contributed by atoms with van der Waals surface area (Å²) in [4.78, 5) is 26.1. The van der Waals surface area contributed by atoms with Gasteiger partial charge in [0.25, 0.3) is 0 Å². The number of hydrogen-bond donors (Lipinski definition) is 5. The number of hydrogen-bond acceptors (Lipinski definition) is 7. The summed E-state index contributed by atoms with van der Waals surface area (Å²) in [5.74, 6) is 1.77. The van der Waals surface area contributed by atoms with E-state index >= 15 is 0 Å². The maximum absolute atomic E-state index is 12.9. The highest BCUT2D eigenvalue weighted by atomic mass is 16.3. The molecule has 1 saturated heterocycles. The molecule has 0 spiro atoms. The van der Waals surface area contributed by atoms with Crippen LogP contribution in [0.4, 0.5) is 11.5 Å². The molecule has 0 radical (unpaired) electrons. The quantitative estimate of drug-likeness (QED) is 0.192. The van der Waals surface area contributed by atoms with Crippen LogP contribution in [0.3, 0.4) is 0 Å². The minimum atomic E-state index is 0.0896. The van der Waals surface area contributed by atoms with Crippen LogP contribution in [-0.2, 0) is 11.3 Å². The number of anilines is 2. The van der Waals surface area contributed by atoms with Gasteiger partial charge in [-0.15, -0.1) is 0 Å². The molecule has 5 N–H and O–H groups in total. The topological polar surface area (TPSA) is 130 Å². The lowest BCUT2D eigenvalue weighted by atomic mass is 9.88. The summed E-state index contributed by atoms with van der Waals surface area (Å²) >= 11 is 0. The SMILES string of the molecule is O=C(Nc1cncc(-c2ccc3c(c2)C(c2nc4c([nH]2)C(c2ccoc2)=CC=CN4)=C2NC2CNC3)c1)C1CCCCC1. The Balaban J connectivity index is 1.16. The molecule has 216 valence electrons.